The highest BCUT2D eigenvalue weighted by Crippen LogP contribution is 2.17. The second-order valence-electron chi connectivity index (χ2n) is 4.46. The maximum Gasteiger partial charge on any atom is 0.143 e. The van der Waals surface area contributed by atoms with Gasteiger partial charge in [-0.15, -0.1) is 5.10 Å². The Balaban J connectivity index is 1.66. The van der Waals surface area contributed by atoms with Gasteiger partial charge in [-0.1, -0.05) is 6.07 Å². The molecule has 1 N–H and O–H groups in total. The van der Waals surface area contributed by atoms with Crippen molar-refractivity contribution < 1.29 is 4.42 Å². The van der Waals surface area contributed by atoms with Gasteiger partial charge in [0, 0.05) is 5.69 Å². The Labute approximate surface area is 126 Å². The molecule has 6 nitrogen and oxygen atoms in total. The van der Waals surface area contributed by atoms with Crippen molar-refractivity contribution in [3.63, 3.8) is 0 Å². The number of aromatic nitrogens is 4. The van der Waals surface area contributed by atoms with Gasteiger partial charge < -0.3 is 9.73 Å². The Morgan fingerprint density at radius 3 is 2.95 bits per heavy atom. The molecule has 0 unspecified atom stereocenters. The normalized spacial score (nSPS) is 10.7. The molecular formula is C14H15N5OS. The number of nitrogens with one attached hydrogen (secondary N) is 1. The number of benzene rings is 1. The summed E-state index contributed by atoms with van der Waals surface area (Å²) in [4.78, 5) is 0. The Hall–Kier alpha value is -2.28. The minimum atomic E-state index is 0.646. The van der Waals surface area contributed by atoms with Crippen molar-refractivity contribution in [2.75, 3.05) is 11.6 Å². The molecule has 0 atom stereocenters. The first-order valence-electron chi connectivity index (χ1n) is 6.49. The van der Waals surface area contributed by atoms with Crippen molar-refractivity contribution in [2.24, 2.45) is 0 Å². The van der Waals surface area contributed by atoms with Gasteiger partial charge in [-0.2, -0.15) is 11.8 Å². The van der Waals surface area contributed by atoms with E-state index in [4.69, 9.17) is 4.42 Å². The summed E-state index contributed by atoms with van der Waals surface area (Å²) in [5.74, 6) is 2.82. The van der Waals surface area contributed by atoms with E-state index in [1.54, 1.807) is 22.8 Å². The van der Waals surface area contributed by atoms with Crippen molar-refractivity contribution in [3.05, 3.63) is 54.2 Å². The third-order valence-corrected chi connectivity index (χ3v) is 3.50. The minimum absolute atomic E-state index is 0.646. The second kappa shape index (κ2) is 6.45. The quantitative estimate of drug-likeness (QED) is 0.755. The Morgan fingerprint density at radius 1 is 1.24 bits per heavy atom. The number of nitrogens with zero attached hydrogens (tertiary/aromatic N) is 4. The fraction of sp³-hybridized carbons (Fsp3) is 0.214. The highest BCUT2D eigenvalue weighted by atomic mass is 32.2. The van der Waals surface area contributed by atoms with Crippen molar-refractivity contribution in [1.82, 2.24) is 20.2 Å². The predicted molar refractivity (Wildman–Crippen MR) is 82.4 cm³/mol. The number of rotatable bonds is 6. The number of thioether (sulfide) groups is 1. The number of hydrogen-bond donors (Lipinski definition) is 1. The zero-order valence-electron chi connectivity index (χ0n) is 11.6. The number of furan rings is 1. The molecule has 0 spiro atoms. The molecule has 108 valence electrons. The van der Waals surface area contributed by atoms with Crippen LogP contribution in [0.15, 0.2) is 47.1 Å². The summed E-state index contributed by atoms with van der Waals surface area (Å²) >= 11 is 1.75. The molecule has 0 saturated heterocycles. The molecule has 0 saturated carbocycles. The molecule has 2 heterocycles. The van der Waals surface area contributed by atoms with Crippen molar-refractivity contribution in [1.29, 1.82) is 0 Å². The molecule has 21 heavy (non-hydrogen) atoms. The van der Waals surface area contributed by atoms with E-state index in [-0.39, 0.29) is 0 Å². The molecule has 3 rings (SSSR count). The van der Waals surface area contributed by atoms with Crippen LogP contribution in [0.25, 0.3) is 5.69 Å². The first kappa shape index (κ1) is 13.7. The summed E-state index contributed by atoms with van der Waals surface area (Å²) in [6.07, 6.45) is 3.63. The van der Waals surface area contributed by atoms with E-state index in [9.17, 15) is 0 Å². The highest BCUT2D eigenvalue weighted by molar-refractivity contribution is 7.97. The van der Waals surface area contributed by atoms with Gasteiger partial charge in [0.1, 0.15) is 17.8 Å². The van der Waals surface area contributed by atoms with Crippen molar-refractivity contribution in [2.45, 2.75) is 12.3 Å². The molecule has 0 aliphatic rings. The van der Waals surface area contributed by atoms with Gasteiger partial charge in [0.2, 0.25) is 0 Å². The first-order chi connectivity index (χ1) is 10.3. The summed E-state index contributed by atoms with van der Waals surface area (Å²) in [6.45, 7) is 0.646. The topological polar surface area (TPSA) is 68.8 Å². The van der Waals surface area contributed by atoms with Crippen molar-refractivity contribution >= 4 is 17.4 Å². The maximum atomic E-state index is 5.73. The Morgan fingerprint density at radius 2 is 2.14 bits per heavy atom. The average Bonchev–Trinajstić information content (AvgIpc) is 3.18. The van der Waals surface area contributed by atoms with Crippen LogP contribution in [-0.2, 0) is 12.3 Å². The largest absolute Gasteiger partial charge is 0.463 e. The molecule has 2 aromatic heterocycles. The molecule has 7 heteroatoms. The van der Waals surface area contributed by atoms with Crippen LogP contribution in [0.2, 0.25) is 0 Å². The van der Waals surface area contributed by atoms with Crippen LogP contribution >= 0.6 is 11.8 Å². The van der Waals surface area contributed by atoms with Crippen LogP contribution in [-0.4, -0.2) is 26.5 Å². The lowest BCUT2D eigenvalue weighted by Crippen LogP contribution is -2.00. The minimum Gasteiger partial charge on any atom is -0.463 e. The smallest absolute Gasteiger partial charge is 0.143 e. The Kier molecular flexibility index (Phi) is 4.20. The van der Waals surface area contributed by atoms with Crippen LogP contribution in [0.3, 0.4) is 0 Å². The second-order valence-corrected chi connectivity index (χ2v) is 5.33. The van der Waals surface area contributed by atoms with Gasteiger partial charge in [0.05, 0.1) is 18.0 Å². The molecule has 0 radical (unpaired) electrons. The lowest BCUT2D eigenvalue weighted by Gasteiger charge is -2.06. The summed E-state index contributed by atoms with van der Waals surface area (Å²) in [7, 11) is 0. The number of hydrogen-bond acceptors (Lipinski definition) is 6. The van der Waals surface area contributed by atoms with Gasteiger partial charge in [-0.25, -0.2) is 4.68 Å². The van der Waals surface area contributed by atoms with Crippen LogP contribution in [0.1, 0.15) is 11.5 Å². The monoisotopic (exact) mass is 301 g/mol. The molecule has 0 amide bonds. The van der Waals surface area contributed by atoms with Gasteiger partial charge in [-0.05, 0) is 47.0 Å². The average molecular weight is 301 g/mol. The van der Waals surface area contributed by atoms with Crippen LogP contribution in [0.4, 0.5) is 5.69 Å². The maximum absolute atomic E-state index is 5.73. The summed E-state index contributed by atoms with van der Waals surface area (Å²) in [5.41, 5.74) is 1.90. The highest BCUT2D eigenvalue weighted by Gasteiger charge is 2.03. The van der Waals surface area contributed by atoms with E-state index < -0.39 is 0 Å². The fourth-order valence-corrected chi connectivity index (χ4v) is 2.40. The summed E-state index contributed by atoms with van der Waals surface area (Å²) < 4.78 is 7.35. The van der Waals surface area contributed by atoms with E-state index in [0.717, 1.165) is 28.6 Å². The zero-order chi connectivity index (χ0) is 14.5. The molecule has 0 aliphatic heterocycles. The third kappa shape index (κ3) is 3.43. The first-order valence-corrected chi connectivity index (χ1v) is 7.88. The van der Waals surface area contributed by atoms with Crippen LogP contribution < -0.4 is 5.32 Å². The van der Waals surface area contributed by atoms with Crippen LogP contribution in [0.5, 0.6) is 0 Å². The lowest BCUT2D eigenvalue weighted by atomic mass is 10.2. The van der Waals surface area contributed by atoms with E-state index in [2.05, 4.69) is 27.1 Å². The summed E-state index contributed by atoms with van der Waals surface area (Å²) in [5, 5.41) is 14.5. The van der Waals surface area contributed by atoms with E-state index >= 15 is 0 Å². The molecule has 3 aromatic rings. The predicted octanol–water partition coefficient (Wildman–Crippen LogP) is 2.73. The molecular weight excluding hydrogens is 286 g/mol. The molecule has 0 aliphatic carbocycles. The number of tetrazole rings is 1. The zero-order valence-corrected chi connectivity index (χ0v) is 12.4. The third-order valence-electron chi connectivity index (χ3n) is 2.93. The molecule has 0 fully saturated rings. The van der Waals surface area contributed by atoms with E-state index in [0.29, 0.717) is 6.54 Å². The van der Waals surface area contributed by atoms with Gasteiger partial charge >= 0.3 is 0 Å². The molecule has 1 aromatic carbocycles. The van der Waals surface area contributed by atoms with E-state index in [1.807, 2.05) is 36.4 Å². The fourth-order valence-electron chi connectivity index (χ4n) is 1.96. The molecule has 0 bridgehead atoms. The van der Waals surface area contributed by atoms with E-state index in [1.165, 1.54) is 0 Å². The van der Waals surface area contributed by atoms with Crippen molar-refractivity contribution in [3.8, 4) is 5.69 Å². The van der Waals surface area contributed by atoms with Crippen LogP contribution in [0, 0.1) is 0 Å². The summed E-state index contributed by atoms with van der Waals surface area (Å²) in [6, 6.07) is 11.9. The Bertz CT molecular complexity index is 695. The van der Waals surface area contributed by atoms with Gasteiger partial charge in [-0.3, -0.25) is 0 Å². The number of anilines is 1. The lowest BCUT2D eigenvalue weighted by molar-refractivity contribution is 0.487. The van der Waals surface area contributed by atoms with Gasteiger partial charge in [0.25, 0.3) is 0 Å². The SMILES string of the molecule is CSCc1ccc(CNc2cccc(-n3cnnn3)c2)o1. The van der Waals surface area contributed by atoms with Gasteiger partial charge in [0.15, 0.2) is 0 Å². The standard InChI is InChI=1S/C14H15N5OS/c1-21-9-14-6-5-13(20-14)8-15-11-3-2-4-12(7-11)19-10-16-17-18-19/h2-7,10,15H,8-9H2,1H3.